The second kappa shape index (κ2) is 7.60. The Kier molecular flexibility index (Phi) is 5.06. The van der Waals surface area contributed by atoms with Gasteiger partial charge in [-0.25, -0.2) is 0 Å². The molecule has 27 heavy (non-hydrogen) atoms. The number of aromatic amines is 1. The number of nitrogens with one attached hydrogen (secondary N) is 2. The van der Waals surface area contributed by atoms with Crippen LogP contribution in [0.25, 0.3) is 11.3 Å². The Bertz CT molecular complexity index is 973. The van der Waals surface area contributed by atoms with Crippen molar-refractivity contribution in [1.82, 2.24) is 10.2 Å². The number of nitro groups is 1. The van der Waals surface area contributed by atoms with Gasteiger partial charge in [0.15, 0.2) is 0 Å². The second-order valence-corrected chi connectivity index (χ2v) is 5.30. The molecule has 3 rings (SSSR count). The van der Waals surface area contributed by atoms with Crippen molar-refractivity contribution in [3.63, 3.8) is 0 Å². The third kappa shape index (κ3) is 4.24. The van der Waals surface area contributed by atoms with E-state index in [1.165, 1.54) is 48.5 Å². The zero-order chi connectivity index (χ0) is 19.4. The van der Waals surface area contributed by atoms with Crippen molar-refractivity contribution in [1.29, 1.82) is 0 Å². The van der Waals surface area contributed by atoms with E-state index in [0.717, 1.165) is 0 Å². The first kappa shape index (κ1) is 18.0. The van der Waals surface area contributed by atoms with E-state index in [-0.39, 0.29) is 22.8 Å². The molecule has 0 fully saturated rings. The lowest BCUT2D eigenvalue weighted by atomic mass is 10.1. The molecule has 0 aliphatic heterocycles. The average Bonchev–Trinajstić information content (AvgIpc) is 3.12. The van der Waals surface area contributed by atoms with Crippen LogP contribution in [-0.2, 0) is 0 Å². The van der Waals surface area contributed by atoms with Crippen LogP contribution in [-0.4, -0.2) is 27.6 Å². The van der Waals surface area contributed by atoms with Crippen LogP contribution >= 0.6 is 0 Å². The number of para-hydroxylation sites is 2. The van der Waals surface area contributed by atoms with E-state index in [4.69, 9.17) is 0 Å². The van der Waals surface area contributed by atoms with Gasteiger partial charge in [-0.15, -0.1) is 0 Å². The number of hydrogen-bond acceptors (Lipinski definition) is 5. The Labute approximate surface area is 150 Å². The maximum absolute atomic E-state index is 12.3. The summed E-state index contributed by atoms with van der Waals surface area (Å²) >= 11 is 0. The zero-order valence-electron chi connectivity index (χ0n) is 13.6. The number of rotatable bonds is 6. The van der Waals surface area contributed by atoms with Crippen LogP contribution in [0.1, 0.15) is 10.5 Å². The lowest BCUT2D eigenvalue weighted by molar-refractivity contribution is -0.383. The number of nitrogens with zero attached hydrogens (tertiary/aromatic N) is 2. The van der Waals surface area contributed by atoms with Crippen LogP contribution in [0.3, 0.4) is 0 Å². The highest BCUT2D eigenvalue weighted by Crippen LogP contribution is 2.25. The molecule has 0 radical (unpaired) electrons. The van der Waals surface area contributed by atoms with Crippen LogP contribution in [0.5, 0.6) is 5.75 Å². The predicted molar refractivity (Wildman–Crippen MR) is 91.7 cm³/mol. The van der Waals surface area contributed by atoms with Crippen molar-refractivity contribution < 1.29 is 23.2 Å². The summed E-state index contributed by atoms with van der Waals surface area (Å²) in [5.74, 6) is -0.612. The van der Waals surface area contributed by atoms with Crippen molar-refractivity contribution >= 4 is 17.3 Å². The number of nitro benzene ring substituents is 1. The number of ether oxygens (including phenoxy) is 1. The lowest BCUT2D eigenvalue weighted by Gasteiger charge is -2.04. The molecule has 0 spiro atoms. The predicted octanol–water partition coefficient (Wildman–Crippen LogP) is 3.84. The van der Waals surface area contributed by atoms with Gasteiger partial charge in [-0.2, -0.15) is 13.9 Å². The van der Waals surface area contributed by atoms with E-state index >= 15 is 0 Å². The fourth-order valence-corrected chi connectivity index (χ4v) is 2.32. The first-order valence-electron chi connectivity index (χ1n) is 7.59. The van der Waals surface area contributed by atoms with Gasteiger partial charge in [0, 0.05) is 11.6 Å². The molecule has 0 bridgehead atoms. The first-order chi connectivity index (χ1) is 12.9. The van der Waals surface area contributed by atoms with Gasteiger partial charge in [0.2, 0.25) is 0 Å². The quantitative estimate of drug-likeness (QED) is 0.503. The summed E-state index contributed by atoms with van der Waals surface area (Å²) in [5.41, 5.74) is 0.859. The van der Waals surface area contributed by atoms with Crippen molar-refractivity contribution in [3.8, 4) is 17.0 Å². The molecule has 1 heterocycles. The number of anilines is 1. The average molecular weight is 374 g/mol. The van der Waals surface area contributed by atoms with Gasteiger partial charge in [0.25, 0.3) is 11.6 Å². The standard InChI is InChI=1S/C17H12F2N4O4/c18-17(19)27-11-7-5-10(6-8-11)13-9-14(22-21-13)16(24)20-12-3-1-2-4-15(12)23(25)26/h1-9,17H,(H,20,24)(H,21,22). The monoisotopic (exact) mass is 374 g/mol. The molecule has 2 aromatic carbocycles. The van der Waals surface area contributed by atoms with Gasteiger partial charge in [-0.3, -0.25) is 20.0 Å². The molecular weight excluding hydrogens is 362 g/mol. The number of halogens is 2. The smallest absolute Gasteiger partial charge is 0.387 e. The minimum absolute atomic E-state index is 0.00126. The highest BCUT2D eigenvalue weighted by atomic mass is 19.3. The third-order valence-electron chi connectivity index (χ3n) is 3.55. The first-order valence-corrected chi connectivity index (χ1v) is 7.59. The number of carbonyl (C=O) groups is 1. The Morgan fingerprint density at radius 2 is 1.89 bits per heavy atom. The van der Waals surface area contributed by atoms with Crippen LogP contribution in [0.2, 0.25) is 0 Å². The summed E-state index contributed by atoms with van der Waals surface area (Å²) < 4.78 is 28.6. The van der Waals surface area contributed by atoms with Crippen molar-refractivity contribution in [3.05, 3.63) is 70.4 Å². The summed E-state index contributed by atoms with van der Waals surface area (Å²) in [7, 11) is 0. The van der Waals surface area contributed by atoms with E-state index in [2.05, 4.69) is 20.3 Å². The molecule has 8 nitrogen and oxygen atoms in total. The number of aromatic nitrogens is 2. The van der Waals surface area contributed by atoms with Gasteiger partial charge in [-0.1, -0.05) is 12.1 Å². The fourth-order valence-electron chi connectivity index (χ4n) is 2.32. The number of hydrogen-bond donors (Lipinski definition) is 2. The van der Waals surface area contributed by atoms with Crippen LogP contribution in [0.15, 0.2) is 54.6 Å². The van der Waals surface area contributed by atoms with Crippen molar-refractivity contribution in [2.24, 2.45) is 0 Å². The van der Waals surface area contributed by atoms with E-state index in [0.29, 0.717) is 11.3 Å². The number of benzene rings is 2. The Hall–Kier alpha value is -3.82. The SMILES string of the molecule is O=C(Nc1ccccc1[N+](=O)[O-])c1cc(-c2ccc(OC(F)F)cc2)n[nH]1. The molecule has 0 unspecified atom stereocenters. The molecule has 0 aliphatic carbocycles. The van der Waals surface area contributed by atoms with Crippen LogP contribution in [0, 0.1) is 10.1 Å². The van der Waals surface area contributed by atoms with E-state index < -0.39 is 17.4 Å². The van der Waals surface area contributed by atoms with E-state index in [9.17, 15) is 23.7 Å². The minimum atomic E-state index is -2.92. The molecule has 0 saturated heterocycles. The van der Waals surface area contributed by atoms with Gasteiger partial charge in [0.1, 0.15) is 17.1 Å². The molecule has 0 atom stereocenters. The Morgan fingerprint density at radius 1 is 1.19 bits per heavy atom. The summed E-state index contributed by atoms with van der Waals surface area (Å²) in [6, 6.07) is 12.9. The number of carbonyl (C=O) groups excluding carboxylic acids is 1. The van der Waals surface area contributed by atoms with Crippen molar-refractivity contribution in [2.75, 3.05) is 5.32 Å². The molecule has 0 saturated carbocycles. The molecule has 0 aliphatic rings. The number of H-pyrrole nitrogens is 1. The molecule has 1 amide bonds. The topological polar surface area (TPSA) is 110 Å². The van der Waals surface area contributed by atoms with Crippen molar-refractivity contribution in [2.45, 2.75) is 6.61 Å². The fraction of sp³-hybridized carbons (Fsp3) is 0.0588. The molecule has 3 aromatic rings. The van der Waals surface area contributed by atoms with Crippen LogP contribution < -0.4 is 10.1 Å². The molecule has 2 N–H and O–H groups in total. The third-order valence-corrected chi connectivity index (χ3v) is 3.55. The summed E-state index contributed by atoms with van der Waals surface area (Å²) in [6.45, 7) is -2.92. The molecule has 138 valence electrons. The van der Waals surface area contributed by atoms with Gasteiger partial charge in [0.05, 0.1) is 10.6 Å². The van der Waals surface area contributed by atoms with Gasteiger partial charge >= 0.3 is 6.61 Å². The zero-order valence-corrected chi connectivity index (χ0v) is 13.6. The van der Waals surface area contributed by atoms with E-state index in [1.807, 2.05) is 0 Å². The summed E-state index contributed by atoms with van der Waals surface area (Å²) in [4.78, 5) is 22.7. The summed E-state index contributed by atoms with van der Waals surface area (Å²) in [5, 5.41) is 20.0. The maximum atomic E-state index is 12.3. The molecular formula is C17H12F2N4O4. The van der Waals surface area contributed by atoms with Gasteiger partial charge in [-0.05, 0) is 36.4 Å². The number of alkyl halides is 2. The summed E-state index contributed by atoms with van der Waals surface area (Å²) in [6.07, 6.45) is 0. The highest BCUT2D eigenvalue weighted by molar-refractivity contribution is 6.04. The maximum Gasteiger partial charge on any atom is 0.387 e. The van der Waals surface area contributed by atoms with Gasteiger partial charge < -0.3 is 10.1 Å². The Morgan fingerprint density at radius 3 is 2.56 bits per heavy atom. The number of amides is 1. The molecule has 10 heteroatoms. The Balaban J connectivity index is 1.76. The normalized spacial score (nSPS) is 10.6. The highest BCUT2D eigenvalue weighted by Gasteiger charge is 2.17. The largest absolute Gasteiger partial charge is 0.435 e. The molecule has 1 aromatic heterocycles. The minimum Gasteiger partial charge on any atom is -0.435 e. The lowest BCUT2D eigenvalue weighted by Crippen LogP contribution is -2.13. The van der Waals surface area contributed by atoms with Crippen LogP contribution in [0.4, 0.5) is 20.2 Å². The second-order valence-electron chi connectivity index (χ2n) is 5.30. The van der Waals surface area contributed by atoms with E-state index in [1.54, 1.807) is 6.07 Å².